The molecule has 21 heavy (non-hydrogen) atoms. The summed E-state index contributed by atoms with van der Waals surface area (Å²) in [4.78, 5) is 23.0. The fourth-order valence-electron chi connectivity index (χ4n) is 2.13. The predicted octanol–water partition coefficient (Wildman–Crippen LogP) is 0.348. The first-order chi connectivity index (χ1) is 9.77. The molecule has 7 nitrogen and oxygen atoms in total. The quantitative estimate of drug-likeness (QED) is 0.613. The van der Waals surface area contributed by atoms with E-state index in [2.05, 4.69) is 5.32 Å². The lowest BCUT2D eigenvalue weighted by Crippen LogP contribution is -2.59. The van der Waals surface area contributed by atoms with Crippen molar-refractivity contribution in [1.29, 1.82) is 0 Å². The van der Waals surface area contributed by atoms with Crippen LogP contribution in [0.15, 0.2) is 23.1 Å². The zero-order chi connectivity index (χ0) is 15.8. The Morgan fingerprint density at radius 2 is 2.10 bits per heavy atom. The molecule has 2 rings (SSSR count). The Bertz CT molecular complexity index is 704. The van der Waals surface area contributed by atoms with Gasteiger partial charge in [-0.3, -0.25) is 14.9 Å². The highest BCUT2D eigenvalue weighted by atomic mass is 35.5. The van der Waals surface area contributed by atoms with Gasteiger partial charge in [-0.2, -0.15) is 4.31 Å². The van der Waals surface area contributed by atoms with Crippen molar-refractivity contribution in [3.05, 3.63) is 23.2 Å². The van der Waals surface area contributed by atoms with E-state index in [1.807, 2.05) is 0 Å². The van der Waals surface area contributed by atoms with Crippen LogP contribution in [0.1, 0.15) is 13.3 Å². The minimum absolute atomic E-state index is 0.0162. The van der Waals surface area contributed by atoms with Crippen molar-refractivity contribution in [2.75, 3.05) is 12.3 Å². The first kappa shape index (κ1) is 15.7. The van der Waals surface area contributed by atoms with Crippen LogP contribution >= 0.6 is 11.6 Å². The summed E-state index contributed by atoms with van der Waals surface area (Å²) in [5.74, 6) is -1.31. The predicted molar refractivity (Wildman–Crippen MR) is 77.0 cm³/mol. The Morgan fingerprint density at radius 3 is 2.71 bits per heavy atom. The number of nitrogens with one attached hydrogen (secondary N) is 1. The third-order valence-corrected chi connectivity index (χ3v) is 5.48. The lowest BCUT2D eigenvalue weighted by atomic mass is 10.2. The van der Waals surface area contributed by atoms with Crippen molar-refractivity contribution in [1.82, 2.24) is 9.62 Å². The first-order valence-electron chi connectivity index (χ1n) is 6.18. The number of nitrogens with two attached hydrogens (primary N) is 1. The van der Waals surface area contributed by atoms with Crippen molar-refractivity contribution in [2.45, 2.75) is 24.3 Å². The Morgan fingerprint density at radius 1 is 1.43 bits per heavy atom. The normalized spacial score (nSPS) is 20.4. The molecule has 114 valence electrons. The maximum atomic E-state index is 12.7. The molecule has 1 fully saturated rings. The molecule has 2 amide bonds. The minimum atomic E-state index is -4.10. The number of halogens is 1. The van der Waals surface area contributed by atoms with Crippen LogP contribution in [0.4, 0.5) is 5.69 Å². The number of rotatable bonds is 3. The van der Waals surface area contributed by atoms with E-state index in [9.17, 15) is 18.0 Å². The van der Waals surface area contributed by atoms with Crippen molar-refractivity contribution >= 4 is 39.1 Å². The van der Waals surface area contributed by atoms with E-state index in [0.717, 1.165) is 4.31 Å². The van der Waals surface area contributed by atoms with E-state index in [1.165, 1.54) is 18.2 Å². The van der Waals surface area contributed by atoms with Crippen LogP contribution in [0.25, 0.3) is 0 Å². The van der Waals surface area contributed by atoms with Gasteiger partial charge in [0.1, 0.15) is 10.9 Å². The van der Waals surface area contributed by atoms with Crippen molar-refractivity contribution in [2.24, 2.45) is 0 Å². The van der Waals surface area contributed by atoms with Gasteiger partial charge >= 0.3 is 0 Å². The number of hydrogen-bond donors (Lipinski definition) is 2. The molecule has 1 aromatic carbocycles. The molecule has 3 N–H and O–H groups in total. The molecule has 0 spiro atoms. The SMILES string of the molecule is CCC1C(=O)NC(=O)CN1S(=O)(=O)c1cc(N)ccc1Cl. The number of imide groups is 1. The number of sulfonamides is 1. The lowest BCUT2D eigenvalue weighted by molar-refractivity contribution is -0.137. The van der Waals surface area contributed by atoms with Gasteiger partial charge in [0.05, 0.1) is 11.6 Å². The Kier molecular flexibility index (Phi) is 4.22. The largest absolute Gasteiger partial charge is 0.399 e. The van der Waals surface area contributed by atoms with Crippen LogP contribution < -0.4 is 11.1 Å². The molecule has 1 aromatic rings. The van der Waals surface area contributed by atoms with E-state index in [-0.39, 0.29) is 22.0 Å². The van der Waals surface area contributed by atoms with Crippen LogP contribution in [0, 0.1) is 0 Å². The topological polar surface area (TPSA) is 110 Å². The molecule has 1 aliphatic rings. The molecule has 1 saturated heterocycles. The molecule has 0 aromatic heterocycles. The second-order valence-corrected chi connectivity index (χ2v) is 6.84. The summed E-state index contributed by atoms with van der Waals surface area (Å²) in [6, 6.07) is 3.08. The van der Waals surface area contributed by atoms with E-state index >= 15 is 0 Å². The number of benzene rings is 1. The molecule has 0 saturated carbocycles. The molecule has 1 heterocycles. The van der Waals surface area contributed by atoms with Gasteiger partial charge in [0.25, 0.3) is 0 Å². The number of hydrogen-bond acceptors (Lipinski definition) is 5. The zero-order valence-corrected chi connectivity index (χ0v) is 12.7. The van der Waals surface area contributed by atoms with Gasteiger partial charge in [0.2, 0.25) is 21.8 Å². The standard InChI is InChI=1S/C12H14ClN3O4S/c1-2-9-12(18)15-11(17)6-16(9)21(19,20)10-5-7(14)3-4-8(10)13/h3-5,9H,2,6,14H2,1H3,(H,15,17,18). The highest BCUT2D eigenvalue weighted by molar-refractivity contribution is 7.89. The molecule has 1 atom stereocenters. The van der Waals surface area contributed by atoms with Gasteiger partial charge in [-0.15, -0.1) is 0 Å². The van der Waals surface area contributed by atoms with E-state index in [4.69, 9.17) is 17.3 Å². The lowest BCUT2D eigenvalue weighted by Gasteiger charge is -2.32. The van der Waals surface area contributed by atoms with Crippen LogP contribution in [0.5, 0.6) is 0 Å². The second kappa shape index (κ2) is 5.63. The average molecular weight is 332 g/mol. The minimum Gasteiger partial charge on any atom is -0.399 e. The molecule has 9 heteroatoms. The molecule has 1 aliphatic heterocycles. The summed E-state index contributed by atoms with van der Waals surface area (Å²) in [6.45, 7) is 1.22. The van der Waals surface area contributed by atoms with Gasteiger partial charge < -0.3 is 5.73 Å². The average Bonchev–Trinajstić information content (AvgIpc) is 2.40. The Balaban J connectivity index is 2.53. The van der Waals surface area contributed by atoms with Crippen LogP contribution in [-0.2, 0) is 19.6 Å². The number of amides is 2. The molecule has 0 radical (unpaired) electrons. The Labute approximate surface area is 127 Å². The smallest absolute Gasteiger partial charge is 0.245 e. The van der Waals surface area contributed by atoms with Crippen molar-refractivity contribution in [3.63, 3.8) is 0 Å². The summed E-state index contributed by atoms with van der Waals surface area (Å²) >= 11 is 5.92. The summed E-state index contributed by atoms with van der Waals surface area (Å²) in [5, 5.41) is 2.10. The van der Waals surface area contributed by atoms with E-state index < -0.39 is 34.4 Å². The van der Waals surface area contributed by atoms with Gasteiger partial charge in [-0.25, -0.2) is 8.42 Å². The molecular weight excluding hydrogens is 318 g/mol. The van der Waals surface area contributed by atoms with Gasteiger partial charge in [-0.1, -0.05) is 18.5 Å². The monoisotopic (exact) mass is 331 g/mol. The number of nitrogen functional groups attached to an aromatic ring is 1. The maximum absolute atomic E-state index is 12.7. The fraction of sp³-hybridized carbons (Fsp3) is 0.333. The third kappa shape index (κ3) is 2.87. The third-order valence-electron chi connectivity index (χ3n) is 3.14. The number of nitrogens with zero attached hydrogens (tertiary/aromatic N) is 1. The highest BCUT2D eigenvalue weighted by Gasteiger charge is 2.41. The number of carbonyl (C=O) groups is 2. The highest BCUT2D eigenvalue weighted by Crippen LogP contribution is 2.29. The summed E-state index contributed by atoms with van der Waals surface area (Å²) < 4.78 is 26.2. The van der Waals surface area contributed by atoms with Gasteiger partial charge in [0.15, 0.2) is 0 Å². The molecular formula is C12H14ClN3O4S. The fourth-order valence-corrected chi connectivity index (χ4v) is 4.26. The second-order valence-electron chi connectivity index (χ2n) is 4.58. The molecule has 0 aliphatic carbocycles. The summed E-state index contributed by atoms with van der Waals surface area (Å²) in [5.41, 5.74) is 5.81. The van der Waals surface area contributed by atoms with Crippen LogP contribution in [0.3, 0.4) is 0 Å². The van der Waals surface area contributed by atoms with Crippen molar-refractivity contribution in [3.8, 4) is 0 Å². The van der Waals surface area contributed by atoms with Gasteiger partial charge in [-0.05, 0) is 24.6 Å². The zero-order valence-electron chi connectivity index (χ0n) is 11.2. The van der Waals surface area contributed by atoms with Gasteiger partial charge in [0, 0.05) is 5.69 Å². The van der Waals surface area contributed by atoms with E-state index in [0.29, 0.717) is 0 Å². The summed E-state index contributed by atoms with van der Waals surface area (Å²) in [6.07, 6.45) is 0.234. The van der Waals surface area contributed by atoms with E-state index in [1.54, 1.807) is 6.92 Å². The van der Waals surface area contributed by atoms with Crippen molar-refractivity contribution < 1.29 is 18.0 Å². The maximum Gasteiger partial charge on any atom is 0.245 e. The number of anilines is 1. The summed E-state index contributed by atoms with van der Waals surface area (Å²) in [7, 11) is -4.10. The van der Waals surface area contributed by atoms with Crippen LogP contribution in [0.2, 0.25) is 5.02 Å². The number of piperazine rings is 1. The Hall–Kier alpha value is -1.64. The molecule has 0 bridgehead atoms. The van der Waals surface area contributed by atoms with Crippen LogP contribution in [-0.4, -0.2) is 37.1 Å². The number of carbonyl (C=O) groups excluding carboxylic acids is 2. The molecule has 1 unspecified atom stereocenters. The first-order valence-corrected chi connectivity index (χ1v) is 7.99.